The van der Waals surface area contributed by atoms with Crippen molar-refractivity contribution in [3.8, 4) is 0 Å². The van der Waals surface area contributed by atoms with Gasteiger partial charge >= 0.3 is 0 Å². The number of carbonyl (C=O) groups excluding carboxylic acids is 1. The lowest BCUT2D eigenvalue weighted by atomic mass is 10.1. The second-order valence-corrected chi connectivity index (χ2v) is 7.04. The number of aliphatic imine (C=N–C) groups is 1. The van der Waals surface area contributed by atoms with E-state index in [0.717, 1.165) is 44.2 Å². The number of rotatable bonds is 5. The van der Waals surface area contributed by atoms with Crippen LogP contribution in [0.2, 0.25) is 0 Å². The molecule has 0 aliphatic carbocycles. The number of benzene rings is 1. The van der Waals surface area contributed by atoms with Crippen molar-refractivity contribution in [1.29, 1.82) is 0 Å². The summed E-state index contributed by atoms with van der Waals surface area (Å²) in [4.78, 5) is 20.3. The summed E-state index contributed by atoms with van der Waals surface area (Å²) in [6.45, 7) is 4.85. The highest BCUT2D eigenvalue weighted by atomic mass is 16.2. The van der Waals surface area contributed by atoms with Gasteiger partial charge in [0.1, 0.15) is 0 Å². The summed E-state index contributed by atoms with van der Waals surface area (Å²) in [5.74, 6) is 1.77. The Morgan fingerprint density at radius 1 is 1.24 bits per heavy atom. The van der Waals surface area contributed by atoms with E-state index in [1.54, 1.807) is 7.05 Å². The first-order valence-corrected chi connectivity index (χ1v) is 9.18. The molecule has 6 nitrogen and oxygen atoms in total. The third kappa shape index (κ3) is 4.72. The molecule has 2 N–H and O–H groups in total. The van der Waals surface area contributed by atoms with E-state index in [4.69, 9.17) is 0 Å². The Kier molecular flexibility index (Phi) is 5.91. The highest BCUT2D eigenvalue weighted by Crippen LogP contribution is 2.21. The fraction of sp³-hybridized carbons (Fsp3) is 0.579. The Labute approximate surface area is 150 Å². The molecule has 2 aliphatic rings. The number of carbonyl (C=O) groups is 1. The molecule has 1 amide bonds. The van der Waals surface area contributed by atoms with Crippen LogP contribution in [0.1, 0.15) is 24.8 Å². The van der Waals surface area contributed by atoms with Gasteiger partial charge in [0.15, 0.2) is 5.96 Å². The molecular formula is C19H29N5O. The van der Waals surface area contributed by atoms with E-state index >= 15 is 0 Å². The number of nitrogens with zero attached hydrogens (tertiary/aromatic N) is 3. The van der Waals surface area contributed by atoms with Crippen LogP contribution in [-0.4, -0.2) is 57.0 Å². The van der Waals surface area contributed by atoms with Crippen molar-refractivity contribution in [3.63, 3.8) is 0 Å². The van der Waals surface area contributed by atoms with Crippen LogP contribution in [0.3, 0.4) is 0 Å². The first kappa shape index (κ1) is 17.7. The fourth-order valence-corrected chi connectivity index (χ4v) is 3.56. The van der Waals surface area contributed by atoms with Crippen molar-refractivity contribution >= 4 is 17.6 Å². The number of anilines is 1. The van der Waals surface area contributed by atoms with Crippen molar-refractivity contribution in [3.05, 3.63) is 29.8 Å². The first-order valence-electron chi connectivity index (χ1n) is 9.18. The SMILES string of the molecule is CN=C(NCc1ccc(N2CCCC2=O)cc1)NCC1CCN(C)C1. The van der Waals surface area contributed by atoms with E-state index in [1.807, 2.05) is 17.0 Å². The van der Waals surface area contributed by atoms with Crippen LogP contribution in [0.4, 0.5) is 5.69 Å². The van der Waals surface area contributed by atoms with Crippen LogP contribution in [-0.2, 0) is 11.3 Å². The van der Waals surface area contributed by atoms with Crippen molar-refractivity contribution in [2.45, 2.75) is 25.8 Å². The highest BCUT2D eigenvalue weighted by Gasteiger charge is 2.21. The molecule has 1 unspecified atom stereocenters. The molecule has 2 heterocycles. The van der Waals surface area contributed by atoms with E-state index in [1.165, 1.54) is 18.5 Å². The molecule has 25 heavy (non-hydrogen) atoms. The maximum absolute atomic E-state index is 11.8. The van der Waals surface area contributed by atoms with Crippen LogP contribution >= 0.6 is 0 Å². The van der Waals surface area contributed by atoms with E-state index < -0.39 is 0 Å². The van der Waals surface area contributed by atoms with Crippen LogP contribution in [0.5, 0.6) is 0 Å². The zero-order chi connectivity index (χ0) is 17.6. The Bertz CT molecular complexity index is 613. The molecule has 0 bridgehead atoms. The standard InChI is InChI=1S/C19H29N5O/c1-20-19(22-13-16-9-11-23(2)14-16)21-12-15-5-7-17(8-6-15)24-10-3-4-18(24)25/h5-8,16H,3-4,9-14H2,1-2H3,(H2,20,21,22). The van der Waals surface area contributed by atoms with Gasteiger partial charge in [0.25, 0.3) is 0 Å². The molecule has 136 valence electrons. The summed E-state index contributed by atoms with van der Waals surface area (Å²) in [7, 11) is 3.98. The number of nitrogens with one attached hydrogen (secondary N) is 2. The Hall–Kier alpha value is -2.08. The van der Waals surface area contributed by atoms with Gasteiger partial charge in [-0.25, -0.2) is 0 Å². The van der Waals surface area contributed by atoms with Crippen LogP contribution in [0, 0.1) is 5.92 Å². The number of likely N-dealkylation sites (tertiary alicyclic amines) is 1. The second kappa shape index (κ2) is 8.34. The van der Waals surface area contributed by atoms with Crippen LogP contribution in [0.25, 0.3) is 0 Å². The quantitative estimate of drug-likeness (QED) is 0.627. The summed E-state index contributed by atoms with van der Waals surface area (Å²) < 4.78 is 0. The van der Waals surface area contributed by atoms with Crippen molar-refractivity contribution in [2.75, 3.05) is 45.2 Å². The zero-order valence-electron chi connectivity index (χ0n) is 15.3. The molecule has 0 aromatic heterocycles. The largest absolute Gasteiger partial charge is 0.356 e. The van der Waals surface area contributed by atoms with Gasteiger partial charge in [-0.15, -0.1) is 0 Å². The molecular weight excluding hydrogens is 314 g/mol. The van der Waals surface area contributed by atoms with Gasteiger partial charge in [-0.2, -0.15) is 0 Å². The topological polar surface area (TPSA) is 60.0 Å². The summed E-state index contributed by atoms with van der Waals surface area (Å²) in [5.41, 5.74) is 2.18. The normalized spacial score (nSPS) is 21.8. The maximum atomic E-state index is 11.8. The minimum Gasteiger partial charge on any atom is -0.356 e. The van der Waals surface area contributed by atoms with Gasteiger partial charge < -0.3 is 20.4 Å². The van der Waals surface area contributed by atoms with Crippen molar-refractivity contribution < 1.29 is 4.79 Å². The summed E-state index contributed by atoms with van der Waals surface area (Å²) >= 11 is 0. The lowest BCUT2D eigenvalue weighted by molar-refractivity contribution is -0.117. The predicted octanol–water partition coefficient (Wildman–Crippen LogP) is 1.43. The van der Waals surface area contributed by atoms with Gasteiger partial charge in [0, 0.05) is 45.3 Å². The van der Waals surface area contributed by atoms with Crippen LogP contribution < -0.4 is 15.5 Å². The summed E-state index contributed by atoms with van der Waals surface area (Å²) in [6.07, 6.45) is 2.88. The third-order valence-corrected chi connectivity index (χ3v) is 5.05. The lowest BCUT2D eigenvalue weighted by Crippen LogP contribution is -2.39. The molecule has 0 saturated carbocycles. The van der Waals surface area contributed by atoms with Crippen molar-refractivity contribution in [2.24, 2.45) is 10.9 Å². The highest BCUT2D eigenvalue weighted by molar-refractivity contribution is 5.95. The average Bonchev–Trinajstić information content (AvgIpc) is 3.24. The van der Waals surface area contributed by atoms with E-state index in [-0.39, 0.29) is 5.91 Å². The monoisotopic (exact) mass is 343 g/mol. The van der Waals surface area contributed by atoms with Gasteiger partial charge in [-0.3, -0.25) is 9.79 Å². The molecule has 1 aromatic rings. The van der Waals surface area contributed by atoms with E-state index in [0.29, 0.717) is 12.3 Å². The van der Waals surface area contributed by atoms with Gasteiger partial charge in [0.2, 0.25) is 5.91 Å². The van der Waals surface area contributed by atoms with Crippen molar-refractivity contribution in [1.82, 2.24) is 15.5 Å². The Morgan fingerprint density at radius 3 is 2.64 bits per heavy atom. The maximum Gasteiger partial charge on any atom is 0.227 e. The second-order valence-electron chi connectivity index (χ2n) is 7.04. The minimum atomic E-state index is 0.230. The Balaban J connectivity index is 1.46. The molecule has 2 saturated heterocycles. The molecule has 3 rings (SSSR count). The van der Waals surface area contributed by atoms with Gasteiger partial charge in [0.05, 0.1) is 0 Å². The molecule has 0 spiro atoms. The molecule has 1 atom stereocenters. The molecule has 2 aliphatic heterocycles. The minimum absolute atomic E-state index is 0.230. The first-order chi connectivity index (χ1) is 12.2. The molecule has 0 radical (unpaired) electrons. The Morgan fingerprint density at radius 2 is 2.04 bits per heavy atom. The summed E-state index contributed by atoms with van der Waals surface area (Å²) in [5, 5.41) is 6.79. The molecule has 6 heteroatoms. The van der Waals surface area contributed by atoms with E-state index in [9.17, 15) is 4.79 Å². The number of hydrogen-bond donors (Lipinski definition) is 2. The van der Waals surface area contributed by atoms with Gasteiger partial charge in [-0.05, 0) is 50.0 Å². The predicted molar refractivity (Wildman–Crippen MR) is 102 cm³/mol. The average molecular weight is 343 g/mol. The summed E-state index contributed by atoms with van der Waals surface area (Å²) in [6, 6.07) is 8.22. The fourth-order valence-electron chi connectivity index (χ4n) is 3.56. The lowest BCUT2D eigenvalue weighted by Gasteiger charge is -2.17. The third-order valence-electron chi connectivity index (χ3n) is 5.05. The zero-order valence-corrected chi connectivity index (χ0v) is 15.3. The molecule has 2 fully saturated rings. The van der Waals surface area contributed by atoms with Crippen LogP contribution in [0.15, 0.2) is 29.3 Å². The number of guanidine groups is 1. The molecule has 1 aromatic carbocycles. The van der Waals surface area contributed by atoms with E-state index in [2.05, 4.69) is 39.7 Å². The van der Waals surface area contributed by atoms with Gasteiger partial charge in [-0.1, -0.05) is 12.1 Å². The smallest absolute Gasteiger partial charge is 0.227 e. The number of hydrogen-bond acceptors (Lipinski definition) is 3. The number of amides is 1.